The van der Waals surface area contributed by atoms with Crippen molar-refractivity contribution in [3.8, 4) is 5.69 Å². The predicted molar refractivity (Wildman–Crippen MR) is 103 cm³/mol. The van der Waals surface area contributed by atoms with Crippen LogP contribution in [0.25, 0.3) is 16.6 Å². The average Bonchev–Trinajstić information content (AvgIpc) is 3.33. The van der Waals surface area contributed by atoms with E-state index in [1.165, 1.54) is 4.68 Å². The molecule has 0 bridgehead atoms. The fraction of sp³-hybridized carbons (Fsp3) is 0.400. The summed E-state index contributed by atoms with van der Waals surface area (Å²) in [5.74, 6) is -0.0555. The highest BCUT2D eigenvalue weighted by Crippen LogP contribution is 2.22. The lowest BCUT2D eigenvalue weighted by molar-refractivity contribution is -0.133. The van der Waals surface area contributed by atoms with Crippen molar-refractivity contribution in [3.63, 3.8) is 0 Å². The number of nitrogens with zero attached hydrogens (tertiary/aromatic N) is 5. The van der Waals surface area contributed by atoms with Gasteiger partial charge in [-0.05, 0) is 45.7 Å². The van der Waals surface area contributed by atoms with Gasteiger partial charge in [-0.15, -0.1) is 0 Å². The summed E-state index contributed by atoms with van der Waals surface area (Å²) in [6.07, 6.45) is 2.03. The molecule has 1 fully saturated rings. The van der Waals surface area contributed by atoms with Gasteiger partial charge in [0, 0.05) is 13.1 Å². The molecule has 7 heteroatoms. The molecule has 0 radical (unpaired) electrons. The van der Waals surface area contributed by atoms with Crippen LogP contribution in [0.2, 0.25) is 0 Å². The number of aryl methyl sites for hydroxylation is 2. The number of hydrogen-bond donors (Lipinski definition) is 0. The number of para-hydroxylation sites is 1. The second kappa shape index (κ2) is 6.64. The topological polar surface area (TPSA) is 73.0 Å². The second-order valence-corrected chi connectivity index (χ2v) is 7.10. The van der Waals surface area contributed by atoms with Gasteiger partial charge in [-0.2, -0.15) is 10.2 Å². The monoisotopic (exact) mass is 365 g/mol. The largest absolute Gasteiger partial charge is 0.341 e. The van der Waals surface area contributed by atoms with Gasteiger partial charge >= 0.3 is 0 Å². The summed E-state index contributed by atoms with van der Waals surface area (Å²) in [5, 5.41) is 9.78. The lowest BCUT2D eigenvalue weighted by Gasteiger charge is -2.21. The molecule has 3 heterocycles. The predicted octanol–water partition coefficient (Wildman–Crippen LogP) is 2.38. The molecular weight excluding hydrogens is 342 g/mol. The third-order valence-electron chi connectivity index (χ3n) is 5.29. The van der Waals surface area contributed by atoms with E-state index in [9.17, 15) is 9.59 Å². The van der Waals surface area contributed by atoms with Gasteiger partial charge in [0.1, 0.15) is 6.04 Å². The van der Waals surface area contributed by atoms with Crippen LogP contribution >= 0.6 is 0 Å². The van der Waals surface area contributed by atoms with Crippen LogP contribution in [-0.2, 0) is 4.79 Å². The summed E-state index contributed by atoms with van der Waals surface area (Å²) in [6, 6.07) is 9.05. The molecule has 1 saturated heterocycles. The highest BCUT2D eigenvalue weighted by molar-refractivity contribution is 5.84. The van der Waals surface area contributed by atoms with Crippen molar-refractivity contribution in [3.05, 3.63) is 52.1 Å². The number of carbonyl (C=O) groups excluding carboxylic acids is 1. The number of rotatable bonds is 3. The molecule has 4 rings (SSSR count). The first kappa shape index (κ1) is 17.5. The third kappa shape index (κ3) is 2.83. The standard InChI is InChI=1S/C20H23N5O2/c1-13-17-14(2)24(16-9-5-4-6-10-16)22-18(17)20(27)25(21-13)15(3)19(26)23-11-7-8-12-23/h4-6,9-10,15H,7-8,11-12H2,1-3H3/t15-/m0/s1. The number of carbonyl (C=O) groups is 1. The molecule has 1 amide bonds. The zero-order valence-electron chi connectivity index (χ0n) is 15.8. The first-order valence-corrected chi connectivity index (χ1v) is 9.32. The lowest BCUT2D eigenvalue weighted by Crippen LogP contribution is -2.39. The van der Waals surface area contributed by atoms with E-state index in [2.05, 4.69) is 10.2 Å². The van der Waals surface area contributed by atoms with Gasteiger partial charge in [0.15, 0.2) is 5.52 Å². The zero-order chi connectivity index (χ0) is 19.1. The van der Waals surface area contributed by atoms with Crippen LogP contribution < -0.4 is 5.56 Å². The molecule has 7 nitrogen and oxygen atoms in total. The van der Waals surface area contributed by atoms with E-state index < -0.39 is 6.04 Å². The van der Waals surface area contributed by atoms with Crippen molar-refractivity contribution in [1.82, 2.24) is 24.5 Å². The van der Waals surface area contributed by atoms with Crippen molar-refractivity contribution in [2.75, 3.05) is 13.1 Å². The quantitative estimate of drug-likeness (QED) is 0.714. The molecule has 27 heavy (non-hydrogen) atoms. The van der Waals surface area contributed by atoms with Crippen molar-refractivity contribution in [1.29, 1.82) is 0 Å². The molecule has 0 N–H and O–H groups in total. The van der Waals surface area contributed by atoms with Gasteiger partial charge in [0.25, 0.3) is 5.56 Å². The van der Waals surface area contributed by atoms with E-state index >= 15 is 0 Å². The minimum Gasteiger partial charge on any atom is -0.341 e. The van der Waals surface area contributed by atoms with E-state index in [0.717, 1.165) is 42.7 Å². The fourth-order valence-electron chi connectivity index (χ4n) is 3.84. The summed E-state index contributed by atoms with van der Waals surface area (Å²) in [4.78, 5) is 27.6. The number of fused-ring (bicyclic) bond motifs is 1. The van der Waals surface area contributed by atoms with Crippen molar-refractivity contribution < 1.29 is 4.79 Å². The highest BCUT2D eigenvalue weighted by atomic mass is 16.2. The van der Waals surface area contributed by atoms with Gasteiger partial charge in [-0.3, -0.25) is 9.59 Å². The van der Waals surface area contributed by atoms with Crippen LogP contribution in [0, 0.1) is 13.8 Å². The van der Waals surface area contributed by atoms with Gasteiger partial charge in [0.05, 0.1) is 22.5 Å². The Morgan fingerprint density at radius 3 is 2.41 bits per heavy atom. The maximum absolute atomic E-state index is 13.1. The van der Waals surface area contributed by atoms with Crippen LogP contribution in [0.15, 0.2) is 35.1 Å². The van der Waals surface area contributed by atoms with E-state index in [4.69, 9.17) is 0 Å². The van der Waals surface area contributed by atoms with E-state index in [-0.39, 0.29) is 11.5 Å². The minimum absolute atomic E-state index is 0.0555. The Hall–Kier alpha value is -2.96. The molecule has 1 aliphatic heterocycles. The Bertz CT molecular complexity index is 1060. The Kier molecular flexibility index (Phi) is 4.30. The van der Waals surface area contributed by atoms with Crippen molar-refractivity contribution in [2.24, 2.45) is 0 Å². The number of benzene rings is 1. The van der Waals surface area contributed by atoms with Crippen LogP contribution in [0.3, 0.4) is 0 Å². The molecule has 0 aliphatic carbocycles. The fourth-order valence-corrected chi connectivity index (χ4v) is 3.84. The van der Waals surface area contributed by atoms with Gasteiger partial charge in [-0.1, -0.05) is 18.2 Å². The molecule has 0 unspecified atom stereocenters. The van der Waals surface area contributed by atoms with E-state index in [1.54, 1.807) is 11.6 Å². The molecule has 2 aromatic heterocycles. The maximum atomic E-state index is 13.1. The summed E-state index contributed by atoms with van der Waals surface area (Å²) in [6.45, 7) is 7.03. The summed E-state index contributed by atoms with van der Waals surface area (Å²) < 4.78 is 3.05. The van der Waals surface area contributed by atoms with Gasteiger partial charge < -0.3 is 4.90 Å². The first-order valence-electron chi connectivity index (χ1n) is 9.32. The zero-order valence-corrected chi connectivity index (χ0v) is 15.8. The number of likely N-dealkylation sites (tertiary alicyclic amines) is 1. The Morgan fingerprint density at radius 1 is 1.07 bits per heavy atom. The van der Waals surface area contributed by atoms with Crippen LogP contribution in [0.5, 0.6) is 0 Å². The normalized spacial score (nSPS) is 15.4. The smallest absolute Gasteiger partial charge is 0.295 e. The molecule has 1 aromatic carbocycles. The highest BCUT2D eigenvalue weighted by Gasteiger charge is 2.27. The molecule has 140 valence electrons. The van der Waals surface area contributed by atoms with Crippen molar-refractivity contribution >= 4 is 16.8 Å². The molecule has 1 atom stereocenters. The SMILES string of the molecule is Cc1nn([C@@H](C)C(=O)N2CCCC2)c(=O)c2nn(-c3ccccc3)c(C)c12. The Labute approximate surface area is 157 Å². The van der Waals surface area contributed by atoms with E-state index in [1.807, 2.05) is 49.1 Å². The number of amides is 1. The van der Waals surface area contributed by atoms with Crippen molar-refractivity contribution in [2.45, 2.75) is 39.7 Å². The van der Waals surface area contributed by atoms with E-state index in [0.29, 0.717) is 11.2 Å². The summed E-state index contributed by atoms with van der Waals surface area (Å²) in [5.41, 5.74) is 2.48. The summed E-state index contributed by atoms with van der Waals surface area (Å²) >= 11 is 0. The van der Waals surface area contributed by atoms with Crippen LogP contribution in [0.1, 0.15) is 37.2 Å². The Balaban J connectivity index is 1.84. The number of aromatic nitrogens is 4. The minimum atomic E-state index is -0.638. The Morgan fingerprint density at radius 2 is 1.74 bits per heavy atom. The third-order valence-corrected chi connectivity index (χ3v) is 5.29. The number of hydrogen-bond acceptors (Lipinski definition) is 4. The average molecular weight is 365 g/mol. The lowest BCUT2D eigenvalue weighted by atomic mass is 10.2. The summed E-state index contributed by atoms with van der Waals surface area (Å²) in [7, 11) is 0. The molecule has 3 aromatic rings. The molecular formula is C20H23N5O2. The molecule has 1 aliphatic rings. The molecule has 0 spiro atoms. The van der Waals surface area contributed by atoms with Crippen LogP contribution in [-0.4, -0.2) is 43.5 Å². The maximum Gasteiger partial charge on any atom is 0.295 e. The first-order chi connectivity index (χ1) is 13.0. The van der Waals surface area contributed by atoms with Gasteiger partial charge in [0.2, 0.25) is 5.91 Å². The second-order valence-electron chi connectivity index (χ2n) is 7.10. The van der Waals surface area contributed by atoms with Gasteiger partial charge in [-0.25, -0.2) is 9.36 Å². The molecule has 0 saturated carbocycles. The van der Waals surface area contributed by atoms with Crippen LogP contribution in [0.4, 0.5) is 0 Å².